The van der Waals surface area contributed by atoms with E-state index in [1.54, 1.807) is 0 Å². The van der Waals surface area contributed by atoms with Crippen molar-refractivity contribution in [1.82, 2.24) is 0 Å². The number of alkyl halides is 3. The third kappa shape index (κ3) is 1.66. The zero-order valence-electron chi connectivity index (χ0n) is 5.04. The first kappa shape index (κ1) is 7.97. The van der Waals surface area contributed by atoms with Crippen LogP contribution in [-0.2, 0) is 0 Å². The van der Waals surface area contributed by atoms with Crippen molar-refractivity contribution >= 4 is 34.8 Å². The molecule has 9 heavy (non-hydrogen) atoms. The fourth-order valence-corrected chi connectivity index (χ4v) is 2.40. The molecule has 0 N–H and O–H groups in total. The molecule has 1 saturated carbocycles. The molecular formula is C6H9Cl3. The molecule has 0 nitrogen and oxygen atoms in total. The van der Waals surface area contributed by atoms with Gasteiger partial charge in [-0.1, -0.05) is 6.42 Å². The van der Waals surface area contributed by atoms with Gasteiger partial charge in [-0.3, -0.25) is 0 Å². The first-order valence-electron chi connectivity index (χ1n) is 3.10. The zero-order chi connectivity index (χ0) is 6.91. The van der Waals surface area contributed by atoms with Gasteiger partial charge in [0.15, 0.2) is 0 Å². The zero-order valence-corrected chi connectivity index (χ0v) is 7.31. The summed E-state index contributed by atoms with van der Waals surface area (Å²) in [5, 5.41) is 0. The fourth-order valence-electron chi connectivity index (χ4n) is 1.19. The largest absolute Gasteiger partial charge is 0.126 e. The molecule has 1 aliphatic carbocycles. The Morgan fingerprint density at radius 3 is 2.33 bits per heavy atom. The third-order valence-corrected chi connectivity index (χ3v) is 3.21. The van der Waals surface area contributed by atoms with E-state index in [1.807, 2.05) is 0 Å². The summed E-state index contributed by atoms with van der Waals surface area (Å²) in [6.07, 6.45) is 3.09. The second kappa shape index (κ2) is 2.86. The van der Waals surface area contributed by atoms with Crippen LogP contribution >= 0.6 is 34.8 Å². The van der Waals surface area contributed by atoms with E-state index < -0.39 is 4.33 Å². The molecule has 0 heterocycles. The Balaban J connectivity index is 2.52. The fraction of sp³-hybridized carbons (Fsp3) is 1.00. The van der Waals surface area contributed by atoms with Gasteiger partial charge in [-0.15, -0.1) is 34.8 Å². The minimum atomic E-state index is -0.526. The van der Waals surface area contributed by atoms with Gasteiger partial charge in [0.2, 0.25) is 0 Å². The van der Waals surface area contributed by atoms with Crippen molar-refractivity contribution in [3.05, 3.63) is 0 Å². The van der Waals surface area contributed by atoms with E-state index in [-0.39, 0.29) is 0 Å². The van der Waals surface area contributed by atoms with E-state index >= 15 is 0 Å². The summed E-state index contributed by atoms with van der Waals surface area (Å²) >= 11 is 17.5. The Kier molecular flexibility index (Phi) is 2.53. The Morgan fingerprint density at radius 2 is 2.11 bits per heavy atom. The second-order valence-corrected chi connectivity index (χ2v) is 4.36. The van der Waals surface area contributed by atoms with E-state index in [0.717, 1.165) is 19.3 Å². The molecule has 0 aromatic carbocycles. The number of rotatable bonds is 1. The summed E-state index contributed by atoms with van der Waals surface area (Å²) in [7, 11) is 0. The highest BCUT2D eigenvalue weighted by Gasteiger charge is 2.38. The van der Waals surface area contributed by atoms with Gasteiger partial charge in [-0.2, -0.15) is 0 Å². The highest BCUT2D eigenvalue weighted by Crippen LogP contribution is 2.44. The SMILES string of the molecule is ClCC1CCCC1(Cl)Cl. The normalized spacial score (nSPS) is 33.0. The van der Waals surface area contributed by atoms with Crippen LogP contribution in [0.15, 0.2) is 0 Å². The van der Waals surface area contributed by atoms with Crippen molar-refractivity contribution in [3.63, 3.8) is 0 Å². The maximum absolute atomic E-state index is 5.91. The first-order chi connectivity index (χ1) is 4.17. The lowest BCUT2D eigenvalue weighted by atomic mass is 10.1. The van der Waals surface area contributed by atoms with Crippen molar-refractivity contribution in [3.8, 4) is 0 Å². The number of halogens is 3. The molecule has 0 aliphatic heterocycles. The summed E-state index contributed by atoms with van der Waals surface area (Å²) in [5.74, 6) is 0.898. The van der Waals surface area contributed by atoms with Crippen molar-refractivity contribution in [1.29, 1.82) is 0 Å². The predicted molar refractivity (Wildman–Crippen MR) is 42.5 cm³/mol. The van der Waals surface area contributed by atoms with Crippen LogP contribution in [0.1, 0.15) is 19.3 Å². The van der Waals surface area contributed by atoms with Crippen LogP contribution in [0.5, 0.6) is 0 Å². The summed E-state index contributed by atoms with van der Waals surface area (Å²) < 4.78 is -0.526. The summed E-state index contributed by atoms with van der Waals surface area (Å²) in [6, 6.07) is 0. The van der Waals surface area contributed by atoms with Crippen molar-refractivity contribution in [2.24, 2.45) is 5.92 Å². The van der Waals surface area contributed by atoms with E-state index in [0.29, 0.717) is 11.8 Å². The third-order valence-electron chi connectivity index (χ3n) is 1.85. The van der Waals surface area contributed by atoms with Crippen molar-refractivity contribution in [2.75, 3.05) is 5.88 Å². The topological polar surface area (TPSA) is 0 Å². The minimum Gasteiger partial charge on any atom is -0.126 e. The summed E-state index contributed by atoms with van der Waals surface area (Å²) in [4.78, 5) is 0. The maximum atomic E-state index is 5.91. The molecule has 0 radical (unpaired) electrons. The van der Waals surface area contributed by atoms with Crippen LogP contribution in [0, 0.1) is 5.92 Å². The summed E-state index contributed by atoms with van der Waals surface area (Å²) in [5.41, 5.74) is 0. The first-order valence-corrected chi connectivity index (χ1v) is 4.39. The van der Waals surface area contributed by atoms with Gasteiger partial charge >= 0.3 is 0 Å². The van der Waals surface area contributed by atoms with Crippen LogP contribution in [0.4, 0.5) is 0 Å². The molecule has 0 amide bonds. The van der Waals surface area contributed by atoms with Gasteiger partial charge < -0.3 is 0 Å². The van der Waals surface area contributed by atoms with Gasteiger partial charge in [-0.05, 0) is 12.8 Å². The average Bonchev–Trinajstić information content (AvgIpc) is 2.08. The molecule has 0 saturated heterocycles. The minimum absolute atomic E-state index is 0.308. The molecule has 1 rings (SSSR count). The second-order valence-electron chi connectivity index (χ2n) is 2.50. The van der Waals surface area contributed by atoms with E-state index in [2.05, 4.69) is 0 Å². The molecular weight excluding hydrogens is 178 g/mol. The van der Waals surface area contributed by atoms with Gasteiger partial charge in [0.05, 0.1) is 0 Å². The standard InChI is InChI=1S/C6H9Cl3/c7-4-5-2-1-3-6(5,8)9/h5H,1-4H2. The Morgan fingerprint density at radius 1 is 1.44 bits per heavy atom. The Labute approximate surface area is 70.5 Å². The highest BCUT2D eigenvalue weighted by molar-refractivity contribution is 6.49. The molecule has 0 bridgehead atoms. The van der Waals surface area contributed by atoms with E-state index in [4.69, 9.17) is 34.8 Å². The van der Waals surface area contributed by atoms with Crippen LogP contribution in [0.25, 0.3) is 0 Å². The molecule has 3 heteroatoms. The number of hydrogen-bond acceptors (Lipinski definition) is 0. The van der Waals surface area contributed by atoms with E-state index in [1.165, 1.54) is 0 Å². The predicted octanol–water partition coefficient (Wildman–Crippen LogP) is 3.20. The molecule has 0 aromatic rings. The quantitative estimate of drug-likeness (QED) is 0.553. The average molecular weight is 187 g/mol. The summed E-state index contributed by atoms with van der Waals surface area (Å²) in [6.45, 7) is 0. The van der Waals surface area contributed by atoms with Gasteiger partial charge in [0.25, 0.3) is 0 Å². The maximum Gasteiger partial charge on any atom is 0.122 e. The smallest absolute Gasteiger partial charge is 0.122 e. The lowest BCUT2D eigenvalue weighted by Crippen LogP contribution is -2.19. The Hall–Kier alpha value is 0.870. The van der Waals surface area contributed by atoms with Gasteiger partial charge in [0, 0.05) is 11.8 Å². The van der Waals surface area contributed by atoms with Crippen LogP contribution in [0.2, 0.25) is 0 Å². The van der Waals surface area contributed by atoms with Crippen LogP contribution in [0.3, 0.4) is 0 Å². The van der Waals surface area contributed by atoms with Gasteiger partial charge in [0.1, 0.15) is 4.33 Å². The molecule has 1 unspecified atom stereocenters. The highest BCUT2D eigenvalue weighted by atomic mass is 35.5. The molecule has 0 aromatic heterocycles. The van der Waals surface area contributed by atoms with Crippen LogP contribution in [-0.4, -0.2) is 10.2 Å². The monoisotopic (exact) mass is 186 g/mol. The van der Waals surface area contributed by atoms with Crippen molar-refractivity contribution in [2.45, 2.75) is 23.6 Å². The molecule has 0 spiro atoms. The van der Waals surface area contributed by atoms with E-state index in [9.17, 15) is 0 Å². The van der Waals surface area contributed by atoms with Crippen LogP contribution < -0.4 is 0 Å². The molecule has 54 valence electrons. The molecule has 1 fully saturated rings. The molecule has 1 aliphatic rings. The van der Waals surface area contributed by atoms with Crippen molar-refractivity contribution < 1.29 is 0 Å². The Bertz CT molecular complexity index is 100. The lowest BCUT2D eigenvalue weighted by Gasteiger charge is -2.18. The lowest BCUT2D eigenvalue weighted by molar-refractivity contribution is 0.587. The van der Waals surface area contributed by atoms with Gasteiger partial charge in [-0.25, -0.2) is 0 Å². The number of hydrogen-bond donors (Lipinski definition) is 0. The molecule has 1 atom stereocenters.